The van der Waals surface area contributed by atoms with Gasteiger partial charge in [-0.05, 0) is 36.4 Å². The molecule has 0 aliphatic rings. The first kappa shape index (κ1) is 28.3. The summed E-state index contributed by atoms with van der Waals surface area (Å²) in [7, 11) is -14.0. The minimum atomic E-state index is -4.83. The first-order valence-electron chi connectivity index (χ1n) is 6.21. The van der Waals surface area contributed by atoms with Gasteiger partial charge in [-0.15, -0.1) is 0 Å². The molecular weight excluding hydrogens is 483 g/mol. The van der Waals surface area contributed by atoms with Gasteiger partial charge in [-0.1, -0.05) is 23.2 Å². The maximum absolute atomic E-state index is 12.6. The maximum atomic E-state index is 12.6. The molecule has 0 radical (unpaired) electrons. The molecule has 140 valence electrons. The summed E-state index contributed by atoms with van der Waals surface area (Å²) in [5.74, 6) is 0. The third-order valence-electron chi connectivity index (χ3n) is 3.08. The number of halogens is 2. The fourth-order valence-electron chi connectivity index (χ4n) is 1.90. The third-order valence-corrected chi connectivity index (χ3v) is 7.75. The Morgan fingerprint density at radius 1 is 0.741 bits per heavy atom. The SMILES string of the molecule is O=P(O)(O)c1cc(S(=O)(=O)c2ccc(Cl)c(P(=O)(O)O)c2)ccc1Cl.[H-].[H-].[Na+].[Na+]. The van der Waals surface area contributed by atoms with Crippen molar-refractivity contribution in [3.05, 3.63) is 46.4 Å². The molecule has 27 heavy (non-hydrogen) atoms. The number of benzene rings is 2. The molecule has 0 aromatic heterocycles. The molecule has 0 saturated heterocycles. The van der Waals surface area contributed by atoms with E-state index in [-0.39, 0.29) is 72.0 Å². The van der Waals surface area contributed by atoms with Crippen molar-refractivity contribution in [2.45, 2.75) is 9.79 Å². The molecule has 0 heterocycles. The fourth-order valence-corrected chi connectivity index (χ4v) is 5.60. The van der Waals surface area contributed by atoms with Crippen LogP contribution in [0.2, 0.25) is 10.0 Å². The zero-order valence-electron chi connectivity index (χ0n) is 15.9. The molecule has 0 unspecified atom stereocenters. The Hall–Kier alpha value is 1.27. The van der Waals surface area contributed by atoms with Gasteiger partial charge in [0.1, 0.15) is 0 Å². The fraction of sp³-hybridized carbons (Fsp3) is 0. The van der Waals surface area contributed by atoms with Crippen molar-refractivity contribution in [2.75, 3.05) is 0 Å². The molecule has 0 bridgehead atoms. The van der Waals surface area contributed by atoms with Gasteiger partial charge in [-0.2, -0.15) is 0 Å². The van der Waals surface area contributed by atoms with Crippen LogP contribution in [0.5, 0.6) is 0 Å². The molecule has 0 saturated carbocycles. The number of rotatable bonds is 4. The van der Waals surface area contributed by atoms with Gasteiger partial charge in [0, 0.05) is 0 Å². The van der Waals surface area contributed by atoms with Crippen molar-refractivity contribution in [2.24, 2.45) is 0 Å². The second-order valence-electron chi connectivity index (χ2n) is 4.82. The smallest absolute Gasteiger partial charge is 1.00 e. The first-order chi connectivity index (χ1) is 11.2. The minimum Gasteiger partial charge on any atom is -1.00 e. The summed E-state index contributed by atoms with van der Waals surface area (Å²) in [6.07, 6.45) is 0. The van der Waals surface area contributed by atoms with E-state index in [2.05, 4.69) is 0 Å². The van der Waals surface area contributed by atoms with E-state index in [0.717, 1.165) is 24.3 Å². The number of hydrogen-bond acceptors (Lipinski definition) is 4. The Morgan fingerprint density at radius 3 is 1.30 bits per heavy atom. The van der Waals surface area contributed by atoms with E-state index < -0.39 is 45.4 Å². The number of hydrogen-bond donors (Lipinski definition) is 4. The zero-order chi connectivity index (χ0) is 19.2. The zero-order valence-corrected chi connectivity index (χ0v) is 22.1. The van der Waals surface area contributed by atoms with Gasteiger partial charge in [0.15, 0.2) is 0 Å². The van der Waals surface area contributed by atoms with Gasteiger partial charge in [-0.25, -0.2) is 8.42 Å². The van der Waals surface area contributed by atoms with Gasteiger partial charge in [0.05, 0.1) is 30.4 Å². The molecular formula is C12H12Cl2Na2O8P2S. The Labute approximate surface area is 212 Å². The topological polar surface area (TPSA) is 149 Å². The molecule has 4 N–H and O–H groups in total. The molecule has 2 aromatic carbocycles. The van der Waals surface area contributed by atoms with Gasteiger partial charge < -0.3 is 22.4 Å². The summed E-state index contributed by atoms with van der Waals surface area (Å²) in [6.45, 7) is 0. The van der Waals surface area contributed by atoms with Crippen molar-refractivity contribution in [1.82, 2.24) is 0 Å². The van der Waals surface area contributed by atoms with E-state index >= 15 is 0 Å². The molecule has 0 aliphatic carbocycles. The molecule has 0 aliphatic heterocycles. The molecule has 0 atom stereocenters. The Morgan fingerprint density at radius 2 is 1.04 bits per heavy atom. The van der Waals surface area contributed by atoms with Gasteiger partial charge >= 0.3 is 74.3 Å². The van der Waals surface area contributed by atoms with Crippen LogP contribution in [-0.4, -0.2) is 28.0 Å². The van der Waals surface area contributed by atoms with Crippen molar-refractivity contribution in [3.63, 3.8) is 0 Å². The minimum absolute atomic E-state index is 0. The van der Waals surface area contributed by atoms with Crippen molar-refractivity contribution in [1.29, 1.82) is 0 Å². The van der Waals surface area contributed by atoms with Gasteiger partial charge in [0.25, 0.3) is 0 Å². The van der Waals surface area contributed by atoms with Crippen LogP contribution in [0.3, 0.4) is 0 Å². The van der Waals surface area contributed by atoms with E-state index in [0.29, 0.717) is 12.1 Å². The van der Waals surface area contributed by atoms with Crippen LogP contribution in [0.4, 0.5) is 0 Å². The maximum Gasteiger partial charge on any atom is 1.00 e. The van der Waals surface area contributed by atoms with Crippen LogP contribution in [0.15, 0.2) is 46.2 Å². The molecule has 2 aromatic rings. The predicted molar refractivity (Wildman–Crippen MR) is 93.9 cm³/mol. The third kappa shape index (κ3) is 6.62. The summed E-state index contributed by atoms with van der Waals surface area (Å²) >= 11 is 11.4. The van der Waals surface area contributed by atoms with E-state index in [1.165, 1.54) is 0 Å². The van der Waals surface area contributed by atoms with E-state index in [9.17, 15) is 37.1 Å². The van der Waals surface area contributed by atoms with Crippen molar-refractivity contribution >= 4 is 58.8 Å². The normalized spacial score (nSPS) is 12.1. The van der Waals surface area contributed by atoms with Crippen molar-refractivity contribution in [3.8, 4) is 0 Å². The summed E-state index contributed by atoms with van der Waals surface area (Å²) in [5.41, 5.74) is 0. The van der Waals surface area contributed by atoms with Gasteiger partial charge in [0.2, 0.25) is 9.84 Å². The van der Waals surface area contributed by atoms with Crippen molar-refractivity contribution < 1.29 is 99.1 Å². The Balaban J connectivity index is -0.00000169. The average molecular weight is 495 g/mol. The van der Waals surface area contributed by atoms with Crippen LogP contribution >= 0.6 is 38.4 Å². The van der Waals surface area contributed by atoms with E-state index in [4.69, 9.17) is 23.2 Å². The number of sulfone groups is 1. The summed E-state index contributed by atoms with van der Waals surface area (Å²) in [4.78, 5) is 35.9. The molecule has 15 heteroatoms. The molecule has 2 rings (SSSR count). The predicted octanol–water partition coefficient (Wildman–Crippen LogP) is -4.33. The van der Waals surface area contributed by atoms with E-state index in [1.54, 1.807) is 0 Å². The largest absolute Gasteiger partial charge is 1.00 e. The van der Waals surface area contributed by atoms with E-state index in [1.807, 2.05) is 0 Å². The summed E-state index contributed by atoms with van der Waals surface area (Å²) in [5, 5.41) is -2.00. The molecule has 8 nitrogen and oxygen atoms in total. The Bertz CT molecular complexity index is 984. The molecule has 0 spiro atoms. The summed E-state index contributed by atoms with van der Waals surface area (Å²) < 4.78 is 48.0. The molecule has 0 amide bonds. The standard InChI is InChI=1S/C12H10Cl2O8P2S.2Na.2H/c13-9-3-1-7(5-11(9)23(15,16)17)25(21,22)8-2-4-10(14)12(6-8)24(18,19)20;;;;/h1-6H,(H2,15,16,17)(H2,18,19,20);;;;/q;2*+1;2*-1. The van der Waals surface area contributed by atoms with Crippen LogP contribution in [0, 0.1) is 0 Å². The van der Waals surface area contributed by atoms with Crippen LogP contribution in [0.1, 0.15) is 2.85 Å². The van der Waals surface area contributed by atoms with Crippen LogP contribution in [-0.2, 0) is 19.0 Å². The average Bonchev–Trinajstić information content (AvgIpc) is 2.45. The first-order valence-corrected chi connectivity index (χ1v) is 11.7. The summed E-state index contributed by atoms with van der Waals surface area (Å²) in [6, 6.07) is 5.46. The monoisotopic (exact) mass is 494 g/mol. The quantitative estimate of drug-likeness (QED) is 0.246. The second-order valence-corrected chi connectivity index (χ2v) is 10.7. The van der Waals surface area contributed by atoms with Crippen LogP contribution < -0.4 is 69.7 Å². The van der Waals surface area contributed by atoms with Crippen LogP contribution in [0.25, 0.3) is 0 Å². The second kappa shape index (κ2) is 10.1. The van der Waals surface area contributed by atoms with Gasteiger partial charge in [-0.3, -0.25) is 9.13 Å². The Kier molecular flexibility index (Phi) is 10.5. The molecule has 0 fully saturated rings.